The van der Waals surface area contributed by atoms with Gasteiger partial charge in [-0.15, -0.1) is 0 Å². The molecule has 3 N–H and O–H groups in total. The van der Waals surface area contributed by atoms with E-state index in [0.717, 1.165) is 11.2 Å². The van der Waals surface area contributed by atoms with Gasteiger partial charge in [-0.25, -0.2) is 14.6 Å². The molecule has 1 aromatic carbocycles. The number of ether oxygens (including phenoxy) is 3. The molecule has 3 aromatic rings. The number of benzene rings is 1. The van der Waals surface area contributed by atoms with Crippen molar-refractivity contribution in [3.63, 3.8) is 0 Å². The van der Waals surface area contributed by atoms with Crippen LogP contribution in [0.4, 0.5) is 5.82 Å². The molecule has 2 heterocycles. The van der Waals surface area contributed by atoms with Crippen LogP contribution in [0.1, 0.15) is 45.4 Å². The highest BCUT2D eigenvalue weighted by Gasteiger charge is 2.20. The molecule has 214 valence electrons. The van der Waals surface area contributed by atoms with E-state index in [1.54, 1.807) is 18.7 Å². The summed E-state index contributed by atoms with van der Waals surface area (Å²) >= 11 is 0. The summed E-state index contributed by atoms with van der Waals surface area (Å²) in [4.78, 5) is 16.3. The topological polar surface area (TPSA) is 131 Å². The van der Waals surface area contributed by atoms with Crippen molar-refractivity contribution >= 4 is 25.8 Å². The first-order valence-corrected chi connectivity index (χ1v) is 14.0. The third kappa shape index (κ3) is 9.40. The number of methoxy groups -OCH3 is 2. The van der Waals surface area contributed by atoms with Crippen molar-refractivity contribution in [2.45, 2.75) is 58.2 Å². The Hall–Kier alpha value is -2.82. The smallest absolute Gasteiger partial charge is 0.320 e. The Balaban J connectivity index is 1.60. The van der Waals surface area contributed by atoms with E-state index in [-0.39, 0.29) is 37.4 Å². The molecule has 11 nitrogen and oxygen atoms in total. The maximum absolute atomic E-state index is 12.2. The van der Waals surface area contributed by atoms with E-state index in [9.17, 15) is 4.79 Å². The number of nitrogen functional groups attached to an aromatic ring is 1. The number of aryl methyl sites for hydroxylation is 1. The number of esters is 1. The molecule has 3 atom stereocenters. The lowest BCUT2D eigenvalue weighted by atomic mass is 9.87. The minimum absolute atomic E-state index is 0.0237. The van der Waals surface area contributed by atoms with Gasteiger partial charge < -0.3 is 29.0 Å². The molecule has 0 fully saturated rings. The van der Waals surface area contributed by atoms with Crippen molar-refractivity contribution in [1.29, 1.82) is 0 Å². The van der Waals surface area contributed by atoms with Crippen molar-refractivity contribution < 1.29 is 28.1 Å². The first-order valence-electron chi connectivity index (χ1n) is 12.8. The predicted octanol–water partition coefficient (Wildman–Crippen LogP) is 4.05. The monoisotopic (exact) mass is 561 g/mol. The molecule has 0 bridgehead atoms. The maximum atomic E-state index is 12.2. The van der Waals surface area contributed by atoms with E-state index in [0.29, 0.717) is 24.4 Å². The molecule has 0 aliphatic heterocycles. The largest absolute Gasteiger partial charge is 0.462 e. The fourth-order valence-corrected chi connectivity index (χ4v) is 4.68. The van der Waals surface area contributed by atoms with Gasteiger partial charge >= 0.3 is 14.5 Å². The van der Waals surface area contributed by atoms with Crippen LogP contribution in [-0.4, -0.2) is 66.8 Å². The Bertz CT molecular complexity index is 1180. The van der Waals surface area contributed by atoms with Crippen LogP contribution in [0.15, 0.2) is 42.7 Å². The summed E-state index contributed by atoms with van der Waals surface area (Å²) in [5, 5.41) is 7.34. The molecule has 39 heavy (non-hydrogen) atoms. The van der Waals surface area contributed by atoms with Crippen LogP contribution in [-0.2, 0) is 35.4 Å². The second-order valence-electron chi connectivity index (χ2n) is 10.1. The molecule has 0 spiro atoms. The Morgan fingerprint density at radius 1 is 1.10 bits per heavy atom. The summed E-state index contributed by atoms with van der Waals surface area (Å²) in [7, 11) is 1.54. The highest BCUT2D eigenvalue weighted by atomic mass is 31.2. The number of carbonyl (C=O) groups is 1. The number of carbonyl (C=O) groups excluding carboxylic acids is 1. The van der Waals surface area contributed by atoms with Gasteiger partial charge in [0.15, 0.2) is 5.82 Å². The highest BCUT2D eigenvalue weighted by Crippen LogP contribution is 2.36. The second kappa shape index (κ2) is 14.5. The van der Waals surface area contributed by atoms with Crippen LogP contribution in [0.3, 0.4) is 0 Å². The maximum Gasteiger partial charge on any atom is 0.320 e. The van der Waals surface area contributed by atoms with E-state index >= 15 is 0 Å². The third-order valence-corrected chi connectivity index (χ3v) is 7.31. The minimum atomic E-state index is -1.67. The van der Waals surface area contributed by atoms with Crippen molar-refractivity contribution in [1.82, 2.24) is 19.7 Å². The lowest BCUT2D eigenvalue weighted by Gasteiger charge is -2.23. The Labute approximate surface area is 231 Å². The number of rotatable bonds is 15. The van der Waals surface area contributed by atoms with Crippen LogP contribution < -0.4 is 15.3 Å². The number of fused-ring (bicyclic) bond motifs is 1. The Kier molecular flexibility index (Phi) is 11.4. The van der Waals surface area contributed by atoms with Crippen LogP contribution >= 0.6 is 8.53 Å². The van der Waals surface area contributed by atoms with E-state index in [4.69, 9.17) is 29.0 Å². The van der Waals surface area contributed by atoms with Gasteiger partial charge in [0, 0.05) is 19.9 Å². The number of nitrogens with two attached hydrogens (primary N) is 1. The molecular formula is C27H40N5O6P. The SMILES string of the molecule is COC(C)COC(=O)CNP(OCC(CCc1ccc2c(N)ncnn12)OC)Oc1ccc(C(C)(C)C)cc1. The van der Waals surface area contributed by atoms with Crippen LogP contribution in [0, 0.1) is 0 Å². The number of nitrogens with zero attached hydrogens (tertiary/aromatic N) is 3. The third-order valence-electron chi connectivity index (χ3n) is 6.14. The number of nitrogens with one attached hydrogen (secondary N) is 1. The minimum Gasteiger partial charge on any atom is -0.462 e. The van der Waals surface area contributed by atoms with Crippen LogP contribution in [0.2, 0.25) is 0 Å². The van der Waals surface area contributed by atoms with Gasteiger partial charge in [0.2, 0.25) is 0 Å². The molecule has 0 radical (unpaired) electrons. The second-order valence-corrected chi connectivity index (χ2v) is 11.4. The van der Waals surface area contributed by atoms with Crippen molar-refractivity contribution in [3.8, 4) is 5.75 Å². The zero-order chi connectivity index (χ0) is 28.4. The zero-order valence-electron chi connectivity index (χ0n) is 23.5. The van der Waals surface area contributed by atoms with Crippen LogP contribution in [0.5, 0.6) is 5.75 Å². The molecule has 3 rings (SSSR count). The summed E-state index contributed by atoms with van der Waals surface area (Å²) in [6, 6.07) is 11.7. The molecule has 0 saturated heterocycles. The lowest BCUT2D eigenvalue weighted by Crippen LogP contribution is -2.27. The molecular weight excluding hydrogens is 521 g/mol. The predicted molar refractivity (Wildman–Crippen MR) is 151 cm³/mol. The molecule has 12 heteroatoms. The molecule has 2 aromatic heterocycles. The molecule has 0 aliphatic carbocycles. The van der Waals surface area contributed by atoms with E-state index in [1.165, 1.54) is 11.9 Å². The van der Waals surface area contributed by atoms with Gasteiger partial charge in [0.1, 0.15) is 30.7 Å². The van der Waals surface area contributed by atoms with Crippen molar-refractivity contribution in [3.05, 3.63) is 54.0 Å². The quantitative estimate of drug-likeness (QED) is 0.207. The van der Waals surface area contributed by atoms with Gasteiger partial charge in [-0.3, -0.25) is 4.79 Å². The fourth-order valence-electron chi connectivity index (χ4n) is 3.60. The van der Waals surface area contributed by atoms with Crippen molar-refractivity contribution in [2.75, 3.05) is 39.7 Å². The number of hydrogen-bond acceptors (Lipinski definition) is 10. The van der Waals surface area contributed by atoms with Crippen molar-refractivity contribution in [2.24, 2.45) is 0 Å². The first-order chi connectivity index (χ1) is 18.6. The standard InChI is InChI=1S/C27H40N5O6P/c1-19(34-5)16-36-25(33)15-31-39(38-22-11-7-20(8-12-22)27(2,3)4)37-17-23(35-6)13-9-21-10-14-24-26(28)29-18-30-32(21)24/h7-8,10-12,14,18-19,23,31H,9,13,15-17H2,1-6H3,(H2,28,29,30). The Morgan fingerprint density at radius 2 is 1.85 bits per heavy atom. The van der Waals surface area contributed by atoms with Gasteiger partial charge in [0.25, 0.3) is 0 Å². The number of aromatic nitrogens is 3. The van der Waals surface area contributed by atoms with Gasteiger partial charge in [-0.1, -0.05) is 32.9 Å². The van der Waals surface area contributed by atoms with Gasteiger partial charge in [0.05, 0.1) is 18.8 Å². The number of anilines is 1. The molecule has 0 saturated carbocycles. The summed E-state index contributed by atoms with van der Waals surface area (Å²) in [5.74, 6) is 0.641. The summed E-state index contributed by atoms with van der Waals surface area (Å²) < 4.78 is 30.0. The fraction of sp³-hybridized carbons (Fsp3) is 0.519. The molecule has 0 amide bonds. The Morgan fingerprint density at radius 3 is 2.51 bits per heavy atom. The zero-order valence-corrected chi connectivity index (χ0v) is 24.4. The summed E-state index contributed by atoms with van der Waals surface area (Å²) in [6.45, 7) is 8.63. The van der Waals surface area contributed by atoms with E-state index < -0.39 is 14.5 Å². The normalized spacial score (nSPS) is 14.2. The van der Waals surface area contributed by atoms with Gasteiger partial charge in [-0.05, 0) is 55.0 Å². The molecule has 0 aliphatic rings. The summed E-state index contributed by atoms with van der Waals surface area (Å²) in [6.07, 6.45) is 2.40. The van der Waals surface area contributed by atoms with Gasteiger partial charge in [-0.2, -0.15) is 5.10 Å². The highest BCUT2D eigenvalue weighted by molar-refractivity contribution is 7.45. The number of hydrogen-bond donors (Lipinski definition) is 2. The summed E-state index contributed by atoms with van der Waals surface area (Å²) in [5.41, 5.74) is 8.91. The average Bonchev–Trinajstić information content (AvgIpc) is 3.34. The van der Waals surface area contributed by atoms with Crippen LogP contribution in [0.25, 0.3) is 5.52 Å². The lowest BCUT2D eigenvalue weighted by molar-refractivity contribution is -0.145. The van der Waals surface area contributed by atoms with E-state index in [2.05, 4.69) is 35.9 Å². The average molecular weight is 562 g/mol. The molecule has 3 unspecified atom stereocenters. The first kappa shape index (κ1) is 30.7. The van der Waals surface area contributed by atoms with E-state index in [1.807, 2.05) is 43.3 Å².